The molecule has 0 saturated heterocycles. The number of nitrogens with zero attached hydrogens (tertiary/aromatic N) is 2. The molecule has 2 heterocycles. The molecule has 0 saturated carbocycles. The van der Waals surface area contributed by atoms with Crippen molar-refractivity contribution < 1.29 is 14.6 Å². The Hall–Kier alpha value is -2.73. The van der Waals surface area contributed by atoms with Crippen LogP contribution < -0.4 is 4.74 Å². The summed E-state index contributed by atoms with van der Waals surface area (Å²) in [6.07, 6.45) is 11.3. The maximum absolute atomic E-state index is 11.1. The van der Waals surface area contributed by atoms with Gasteiger partial charge in [-0.1, -0.05) is 51.2 Å². The Balaban J connectivity index is 1.49. The smallest absolute Gasteiger partial charge is 0.337 e. The quantitative estimate of drug-likeness (QED) is 0.349. The second-order valence-electron chi connectivity index (χ2n) is 7.33. The maximum atomic E-state index is 11.1. The molecule has 2 aromatic heterocycles. The van der Waals surface area contributed by atoms with Gasteiger partial charge >= 0.3 is 5.97 Å². The first-order valence-corrected chi connectivity index (χ1v) is 11.4. The van der Waals surface area contributed by atoms with Crippen LogP contribution in [0.3, 0.4) is 0 Å². The predicted octanol–water partition coefficient (Wildman–Crippen LogP) is 6.23. The third-order valence-electron chi connectivity index (χ3n) is 4.88. The Morgan fingerprint density at radius 1 is 1.07 bits per heavy atom. The molecule has 0 fully saturated rings. The molecule has 0 radical (unpaired) electrons. The van der Waals surface area contributed by atoms with E-state index in [1.54, 1.807) is 23.6 Å². The Morgan fingerprint density at radius 3 is 2.60 bits per heavy atom. The fraction of sp³-hybridized carbons (Fsp3) is 0.375. The van der Waals surface area contributed by atoms with Crippen molar-refractivity contribution in [3.05, 3.63) is 64.2 Å². The molecule has 1 aromatic carbocycles. The molecule has 5 nitrogen and oxygen atoms in total. The number of rotatable bonds is 12. The van der Waals surface area contributed by atoms with Crippen molar-refractivity contribution in [3.63, 3.8) is 0 Å². The Labute approximate surface area is 181 Å². The summed E-state index contributed by atoms with van der Waals surface area (Å²) < 4.78 is 5.84. The molecule has 0 atom stereocenters. The van der Waals surface area contributed by atoms with Gasteiger partial charge in [0.2, 0.25) is 0 Å². The largest absolute Gasteiger partial charge is 0.494 e. The summed E-state index contributed by atoms with van der Waals surface area (Å²) in [5.41, 5.74) is 2.80. The number of carbonyl (C=O) groups is 1. The summed E-state index contributed by atoms with van der Waals surface area (Å²) >= 11 is 1.56. The fourth-order valence-corrected chi connectivity index (χ4v) is 4.01. The third-order valence-corrected chi connectivity index (χ3v) is 5.73. The van der Waals surface area contributed by atoms with Gasteiger partial charge in [0.25, 0.3) is 0 Å². The summed E-state index contributed by atoms with van der Waals surface area (Å²) in [6.45, 7) is 3.00. The summed E-state index contributed by atoms with van der Waals surface area (Å²) in [5.74, 6) is -0.0812. The van der Waals surface area contributed by atoms with E-state index in [0.717, 1.165) is 41.5 Å². The lowest BCUT2D eigenvalue weighted by molar-refractivity contribution is 0.0696. The Morgan fingerprint density at radius 2 is 1.83 bits per heavy atom. The van der Waals surface area contributed by atoms with Crippen LogP contribution >= 0.6 is 11.3 Å². The van der Waals surface area contributed by atoms with Gasteiger partial charge in [0, 0.05) is 29.8 Å². The summed E-state index contributed by atoms with van der Waals surface area (Å²) in [7, 11) is 0. The summed E-state index contributed by atoms with van der Waals surface area (Å²) in [5, 5.41) is 12.0. The minimum Gasteiger partial charge on any atom is -0.494 e. The molecule has 6 heteroatoms. The molecule has 0 unspecified atom stereocenters. The number of carboxylic acids is 1. The first-order valence-electron chi connectivity index (χ1n) is 10.5. The monoisotopic (exact) mass is 424 g/mol. The highest BCUT2D eigenvalue weighted by Crippen LogP contribution is 2.24. The van der Waals surface area contributed by atoms with Crippen molar-refractivity contribution in [2.75, 3.05) is 6.61 Å². The summed E-state index contributed by atoms with van der Waals surface area (Å²) in [4.78, 5) is 19.8. The van der Waals surface area contributed by atoms with Crippen LogP contribution in [-0.2, 0) is 6.42 Å². The van der Waals surface area contributed by atoms with E-state index < -0.39 is 5.97 Å². The minimum atomic E-state index is -0.987. The molecule has 1 N–H and O–H groups in total. The van der Waals surface area contributed by atoms with Gasteiger partial charge in [0.05, 0.1) is 22.9 Å². The van der Waals surface area contributed by atoms with E-state index >= 15 is 0 Å². The van der Waals surface area contributed by atoms with E-state index in [-0.39, 0.29) is 5.56 Å². The van der Waals surface area contributed by atoms with E-state index in [9.17, 15) is 4.79 Å². The Bertz CT molecular complexity index is 938. The number of carboxylic acid groups (broad SMARTS) is 1. The molecule has 158 valence electrons. The van der Waals surface area contributed by atoms with Crippen LogP contribution in [0.25, 0.3) is 11.3 Å². The lowest BCUT2D eigenvalue weighted by atomic mass is 10.1. The van der Waals surface area contributed by atoms with Gasteiger partial charge < -0.3 is 9.84 Å². The molecule has 0 amide bonds. The highest BCUT2D eigenvalue weighted by molar-refractivity contribution is 7.10. The number of aromatic nitrogens is 2. The lowest BCUT2D eigenvalue weighted by Gasteiger charge is -2.07. The average molecular weight is 425 g/mol. The van der Waals surface area contributed by atoms with Gasteiger partial charge in [-0.05, 0) is 30.2 Å². The van der Waals surface area contributed by atoms with Crippen LogP contribution in [0, 0.1) is 0 Å². The van der Waals surface area contributed by atoms with Crippen LogP contribution in [0.4, 0.5) is 0 Å². The van der Waals surface area contributed by atoms with Crippen LogP contribution in [0.15, 0.2) is 48.1 Å². The van der Waals surface area contributed by atoms with Crippen molar-refractivity contribution in [2.24, 2.45) is 0 Å². The molecule has 30 heavy (non-hydrogen) atoms. The van der Waals surface area contributed by atoms with Crippen molar-refractivity contribution in [3.8, 4) is 17.0 Å². The van der Waals surface area contributed by atoms with Crippen molar-refractivity contribution in [1.29, 1.82) is 0 Å². The van der Waals surface area contributed by atoms with Gasteiger partial charge in [0.15, 0.2) is 0 Å². The number of unbranched alkanes of at least 4 members (excludes halogenated alkanes) is 5. The van der Waals surface area contributed by atoms with Crippen LogP contribution in [0.1, 0.15) is 66.4 Å². The first kappa shape index (κ1) is 22.0. The van der Waals surface area contributed by atoms with Gasteiger partial charge in [-0.3, -0.25) is 4.98 Å². The van der Waals surface area contributed by atoms with Crippen LogP contribution in [-0.4, -0.2) is 27.7 Å². The molecular weight excluding hydrogens is 396 g/mol. The number of thiazole rings is 1. The van der Waals surface area contributed by atoms with Crippen molar-refractivity contribution in [2.45, 2.75) is 51.9 Å². The topological polar surface area (TPSA) is 72.3 Å². The maximum Gasteiger partial charge on any atom is 0.337 e. The zero-order valence-corrected chi connectivity index (χ0v) is 18.2. The SMILES string of the molecule is CCCCCCCCOc1ccc(Cc2nc(-c3cncc(C(=O)O)c3)cs2)cc1. The molecule has 0 aliphatic rings. The normalized spacial score (nSPS) is 10.8. The lowest BCUT2D eigenvalue weighted by Crippen LogP contribution is -1.98. The number of benzene rings is 1. The fourth-order valence-electron chi connectivity index (χ4n) is 3.17. The number of hydrogen-bond donors (Lipinski definition) is 1. The van der Waals surface area contributed by atoms with E-state index in [2.05, 4.69) is 29.0 Å². The number of pyridine rings is 1. The molecule has 0 spiro atoms. The third kappa shape index (κ3) is 6.66. The standard InChI is InChI=1S/C24H28N2O3S/c1-2-3-4-5-6-7-12-29-21-10-8-18(9-11-21)13-23-26-22(17-30-23)19-14-20(24(27)28)16-25-15-19/h8-11,14-17H,2-7,12-13H2,1H3,(H,27,28). The van der Waals surface area contributed by atoms with Crippen LogP contribution in [0.5, 0.6) is 5.75 Å². The van der Waals surface area contributed by atoms with Gasteiger partial charge in [-0.25, -0.2) is 9.78 Å². The highest BCUT2D eigenvalue weighted by Gasteiger charge is 2.09. The predicted molar refractivity (Wildman–Crippen MR) is 120 cm³/mol. The molecule has 0 bridgehead atoms. The molecule has 0 aliphatic carbocycles. The molecule has 3 rings (SSSR count). The van der Waals surface area contributed by atoms with E-state index in [1.165, 1.54) is 43.9 Å². The zero-order chi connectivity index (χ0) is 21.2. The van der Waals surface area contributed by atoms with Crippen molar-refractivity contribution >= 4 is 17.3 Å². The van der Waals surface area contributed by atoms with Crippen molar-refractivity contribution in [1.82, 2.24) is 9.97 Å². The average Bonchev–Trinajstić information content (AvgIpc) is 3.23. The van der Waals surface area contributed by atoms with Gasteiger partial charge in [-0.15, -0.1) is 11.3 Å². The second kappa shape index (κ2) is 11.5. The second-order valence-corrected chi connectivity index (χ2v) is 8.27. The highest BCUT2D eigenvalue weighted by atomic mass is 32.1. The first-order chi connectivity index (χ1) is 14.7. The minimum absolute atomic E-state index is 0.165. The molecular formula is C24H28N2O3S. The number of aromatic carboxylic acids is 1. The van der Waals surface area contributed by atoms with E-state index in [4.69, 9.17) is 9.84 Å². The number of ether oxygens (including phenoxy) is 1. The molecule has 3 aromatic rings. The zero-order valence-electron chi connectivity index (χ0n) is 17.3. The molecule has 0 aliphatic heterocycles. The van der Waals surface area contributed by atoms with Gasteiger partial charge in [0.1, 0.15) is 5.75 Å². The summed E-state index contributed by atoms with van der Waals surface area (Å²) in [6, 6.07) is 9.78. The number of hydrogen-bond acceptors (Lipinski definition) is 5. The van der Waals surface area contributed by atoms with Gasteiger partial charge in [-0.2, -0.15) is 0 Å². The Kier molecular flexibility index (Phi) is 8.39. The van der Waals surface area contributed by atoms with E-state index in [1.807, 2.05) is 17.5 Å². The van der Waals surface area contributed by atoms with E-state index in [0.29, 0.717) is 0 Å². The van der Waals surface area contributed by atoms with Crippen LogP contribution in [0.2, 0.25) is 0 Å².